The number of carbonyl (C=O) groups is 1. The zero-order valence-corrected chi connectivity index (χ0v) is 14.5. The maximum atomic E-state index is 14.1. The fourth-order valence-corrected chi connectivity index (χ4v) is 2.71. The standard InChI is InChI=1S/C16H11ClF3N5O2/c1-2-23(13-9(17)5-3-6-10(13)18)15(26)25-16(27)24(21-22-25)14-11(19)7-4-8-12(14)20/h3-8H,2H2,1H3. The fourth-order valence-electron chi connectivity index (χ4n) is 2.45. The van der Waals surface area contributed by atoms with Gasteiger partial charge in [0.15, 0.2) is 11.6 Å². The Morgan fingerprint density at radius 1 is 1.07 bits per heavy atom. The van der Waals surface area contributed by atoms with E-state index in [9.17, 15) is 22.8 Å². The van der Waals surface area contributed by atoms with Gasteiger partial charge in [0.2, 0.25) is 0 Å². The molecule has 0 unspecified atom stereocenters. The Balaban J connectivity index is 2.09. The summed E-state index contributed by atoms with van der Waals surface area (Å²) in [6.45, 7) is 1.46. The van der Waals surface area contributed by atoms with Gasteiger partial charge in [0.25, 0.3) is 0 Å². The number of tetrazole rings is 1. The van der Waals surface area contributed by atoms with Crippen molar-refractivity contribution >= 4 is 23.3 Å². The number of benzene rings is 2. The molecule has 0 spiro atoms. The summed E-state index contributed by atoms with van der Waals surface area (Å²) in [5.74, 6) is -2.93. The summed E-state index contributed by atoms with van der Waals surface area (Å²) in [6.07, 6.45) is 0. The van der Waals surface area contributed by atoms with Gasteiger partial charge in [-0.05, 0) is 41.6 Å². The molecular formula is C16H11ClF3N5O2. The predicted molar refractivity (Wildman–Crippen MR) is 90.8 cm³/mol. The van der Waals surface area contributed by atoms with E-state index >= 15 is 0 Å². The number of nitrogens with zero attached hydrogens (tertiary/aromatic N) is 5. The number of halogens is 4. The van der Waals surface area contributed by atoms with Crippen LogP contribution >= 0.6 is 11.6 Å². The van der Waals surface area contributed by atoms with Gasteiger partial charge in [-0.25, -0.2) is 22.8 Å². The Labute approximate surface area is 155 Å². The second-order valence-electron chi connectivity index (χ2n) is 5.25. The third kappa shape index (κ3) is 3.19. The Morgan fingerprint density at radius 2 is 1.67 bits per heavy atom. The molecule has 1 amide bonds. The van der Waals surface area contributed by atoms with E-state index < -0.39 is 34.9 Å². The third-order valence-electron chi connectivity index (χ3n) is 3.67. The molecule has 0 radical (unpaired) electrons. The van der Waals surface area contributed by atoms with Crippen LogP contribution in [0.15, 0.2) is 41.2 Å². The monoisotopic (exact) mass is 397 g/mol. The van der Waals surface area contributed by atoms with Crippen molar-refractivity contribution in [1.29, 1.82) is 0 Å². The van der Waals surface area contributed by atoms with Gasteiger partial charge in [0, 0.05) is 6.54 Å². The summed E-state index contributed by atoms with van der Waals surface area (Å²) in [7, 11) is 0. The molecule has 0 saturated carbocycles. The highest BCUT2D eigenvalue weighted by Crippen LogP contribution is 2.29. The van der Waals surface area contributed by atoms with E-state index in [-0.39, 0.29) is 21.9 Å². The van der Waals surface area contributed by atoms with Gasteiger partial charge in [-0.2, -0.15) is 4.68 Å². The van der Waals surface area contributed by atoms with Gasteiger partial charge in [0.05, 0.1) is 10.7 Å². The van der Waals surface area contributed by atoms with E-state index in [1.54, 1.807) is 0 Å². The van der Waals surface area contributed by atoms with Crippen molar-refractivity contribution in [2.75, 3.05) is 11.4 Å². The fraction of sp³-hybridized carbons (Fsp3) is 0.125. The highest BCUT2D eigenvalue weighted by atomic mass is 35.5. The first-order valence-electron chi connectivity index (χ1n) is 7.62. The average molecular weight is 398 g/mol. The lowest BCUT2D eigenvalue weighted by atomic mass is 10.2. The molecule has 0 aliphatic heterocycles. The summed E-state index contributed by atoms with van der Waals surface area (Å²) in [6, 6.07) is 5.66. The van der Waals surface area contributed by atoms with E-state index in [0.29, 0.717) is 4.68 Å². The quantitative estimate of drug-likeness (QED) is 0.637. The van der Waals surface area contributed by atoms with Crippen LogP contribution in [0.5, 0.6) is 0 Å². The molecule has 0 aliphatic carbocycles. The van der Waals surface area contributed by atoms with Crippen molar-refractivity contribution in [3.63, 3.8) is 0 Å². The number of amides is 1. The van der Waals surface area contributed by atoms with Crippen molar-refractivity contribution in [2.45, 2.75) is 6.92 Å². The molecule has 7 nitrogen and oxygen atoms in total. The molecule has 1 aromatic heterocycles. The first-order chi connectivity index (χ1) is 12.9. The lowest BCUT2D eigenvalue weighted by molar-refractivity contribution is 0.244. The van der Waals surface area contributed by atoms with Gasteiger partial charge in [-0.1, -0.05) is 23.7 Å². The van der Waals surface area contributed by atoms with Crippen LogP contribution in [0.3, 0.4) is 0 Å². The maximum Gasteiger partial charge on any atom is 0.377 e. The van der Waals surface area contributed by atoms with Crippen molar-refractivity contribution in [2.24, 2.45) is 0 Å². The molecule has 1 heterocycles. The Kier molecular flexibility index (Phi) is 5.00. The van der Waals surface area contributed by atoms with Crippen LogP contribution in [0.4, 0.5) is 23.7 Å². The van der Waals surface area contributed by atoms with Crippen molar-refractivity contribution in [1.82, 2.24) is 19.8 Å². The first-order valence-corrected chi connectivity index (χ1v) is 8.00. The minimum atomic E-state index is -1.23. The summed E-state index contributed by atoms with van der Waals surface area (Å²) in [4.78, 5) is 26.0. The molecule has 0 fully saturated rings. The van der Waals surface area contributed by atoms with E-state index in [2.05, 4.69) is 10.4 Å². The predicted octanol–water partition coefficient (Wildman–Crippen LogP) is 2.99. The number of para-hydroxylation sites is 2. The Bertz CT molecular complexity index is 1040. The number of anilines is 1. The molecule has 3 rings (SSSR count). The number of carbonyl (C=O) groups excluding carboxylic acids is 1. The van der Waals surface area contributed by atoms with Gasteiger partial charge in [-0.3, -0.25) is 4.90 Å². The lowest BCUT2D eigenvalue weighted by Gasteiger charge is -2.21. The number of rotatable bonds is 3. The van der Waals surface area contributed by atoms with Crippen molar-refractivity contribution in [3.8, 4) is 5.69 Å². The van der Waals surface area contributed by atoms with E-state index in [4.69, 9.17) is 11.6 Å². The second kappa shape index (κ2) is 7.23. The minimum absolute atomic E-state index is 0.0627. The SMILES string of the molecule is CCN(C(=O)n1nnn(-c2c(F)cccc2F)c1=O)c1c(F)cccc1Cl. The molecule has 11 heteroatoms. The van der Waals surface area contributed by atoms with Crippen LogP contribution in [-0.4, -0.2) is 32.4 Å². The summed E-state index contributed by atoms with van der Waals surface area (Å²) < 4.78 is 42.5. The van der Waals surface area contributed by atoms with Crippen LogP contribution < -0.4 is 10.6 Å². The largest absolute Gasteiger partial charge is 0.377 e. The van der Waals surface area contributed by atoms with Crippen LogP contribution in [0, 0.1) is 17.5 Å². The molecule has 0 aliphatic rings. The molecule has 0 N–H and O–H groups in total. The number of aromatic nitrogens is 4. The molecule has 3 aromatic rings. The normalized spacial score (nSPS) is 10.9. The molecule has 0 atom stereocenters. The molecule has 27 heavy (non-hydrogen) atoms. The van der Waals surface area contributed by atoms with Gasteiger partial charge in [0.1, 0.15) is 11.5 Å². The Morgan fingerprint density at radius 3 is 2.26 bits per heavy atom. The Hall–Kier alpha value is -3.14. The van der Waals surface area contributed by atoms with E-state index in [0.717, 1.165) is 29.2 Å². The highest BCUT2D eigenvalue weighted by Gasteiger charge is 2.27. The average Bonchev–Trinajstić information content (AvgIpc) is 2.99. The molecule has 140 valence electrons. The number of hydrogen-bond acceptors (Lipinski definition) is 4. The summed E-state index contributed by atoms with van der Waals surface area (Å²) in [5.41, 5.74) is -2.27. The number of hydrogen-bond donors (Lipinski definition) is 0. The zero-order valence-electron chi connectivity index (χ0n) is 13.7. The minimum Gasteiger partial charge on any atom is -0.288 e. The van der Waals surface area contributed by atoms with Crippen LogP contribution in [0.25, 0.3) is 5.69 Å². The van der Waals surface area contributed by atoms with Crippen LogP contribution in [-0.2, 0) is 0 Å². The summed E-state index contributed by atoms with van der Waals surface area (Å²) in [5, 5.41) is 6.64. The van der Waals surface area contributed by atoms with E-state index in [1.807, 2.05) is 0 Å². The van der Waals surface area contributed by atoms with E-state index in [1.165, 1.54) is 19.1 Å². The van der Waals surface area contributed by atoms with Crippen LogP contribution in [0.1, 0.15) is 6.92 Å². The van der Waals surface area contributed by atoms with Crippen molar-refractivity contribution in [3.05, 3.63) is 69.4 Å². The molecule has 2 aromatic carbocycles. The topological polar surface area (TPSA) is 73.0 Å². The smallest absolute Gasteiger partial charge is 0.288 e. The molecule has 0 saturated heterocycles. The molecular weight excluding hydrogens is 387 g/mol. The van der Waals surface area contributed by atoms with Gasteiger partial charge >= 0.3 is 11.7 Å². The zero-order chi connectivity index (χ0) is 19.7. The first kappa shape index (κ1) is 18.6. The lowest BCUT2D eigenvalue weighted by Crippen LogP contribution is -2.41. The highest BCUT2D eigenvalue weighted by molar-refractivity contribution is 6.33. The van der Waals surface area contributed by atoms with Gasteiger partial charge in [-0.15, -0.1) is 4.68 Å². The van der Waals surface area contributed by atoms with Crippen LogP contribution in [0.2, 0.25) is 5.02 Å². The second-order valence-corrected chi connectivity index (χ2v) is 5.66. The van der Waals surface area contributed by atoms with Gasteiger partial charge < -0.3 is 0 Å². The maximum absolute atomic E-state index is 14.1. The third-order valence-corrected chi connectivity index (χ3v) is 3.97. The van der Waals surface area contributed by atoms with Crippen molar-refractivity contribution < 1.29 is 18.0 Å². The summed E-state index contributed by atoms with van der Waals surface area (Å²) >= 11 is 5.96. The molecule has 0 bridgehead atoms.